The normalized spacial score (nSPS) is 14.6. The number of ether oxygens (including phenoxy) is 1. The van der Waals surface area contributed by atoms with Crippen LogP contribution in [0.15, 0.2) is 0 Å². The Bertz CT molecular complexity index is 231. The molecule has 0 fully saturated rings. The third-order valence-electron chi connectivity index (χ3n) is 1.98. The molecule has 0 bridgehead atoms. The van der Waals surface area contributed by atoms with Crippen LogP contribution in [0.5, 0.6) is 0 Å². The fraction of sp³-hybridized carbons (Fsp3) is 1.00. The van der Waals surface area contributed by atoms with Crippen molar-refractivity contribution in [2.45, 2.75) is 52.1 Å². The molecule has 86 valence electrons. The zero-order chi connectivity index (χ0) is 11.2. The van der Waals surface area contributed by atoms with Gasteiger partial charge in [0.1, 0.15) is 0 Å². The number of rotatable bonds is 7. The van der Waals surface area contributed by atoms with Crippen LogP contribution in [0.1, 0.15) is 40.5 Å². The Labute approximate surface area is 86.7 Å². The second kappa shape index (κ2) is 6.37. The van der Waals surface area contributed by atoms with Crippen LogP contribution in [0.3, 0.4) is 0 Å². The fourth-order valence-electron chi connectivity index (χ4n) is 1.08. The van der Waals surface area contributed by atoms with Gasteiger partial charge >= 0.3 is 0 Å². The molecule has 0 aromatic rings. The summed E-state index contributed by atoms with van der Waals surface area (Å²) in [5.74, 6) is 0. The number of hydrogen-bond acceptors (Lipinski definition) is 4. The van der Waals surface area contributed by atoms with E-state index in [9.17, 15) is 8.42 Å². The third-order valence-corrected chi connectivity index (χ3v) is 3.47. The van der Waals surface area contributed by atoms with E-state index in [2.05, 4.69) is 4.18 Å². The van der Waals surface area contributed by atoms with Crippen LogP contribution in [-0.4, -0.2) is 26.6 Å². The molecule has 0 N–H and O–H groups in total. The standard InChI is InChI=1S/C9H20O4S/c1-5-9(6-2)13-8(4)14(10,11)12-7-3/h8-9H,5-7H2,1-4H3. The molecule has 4 nitrogen and oxygen atoms in total. The summed E-state index contributed by atoms with van der Waals surface area (Å²) in [6.45, 7) is 7.23. The second-order valence-corrected chi connectivity index (χ2v) is 4.93. The van der Waals surface area contributed by atoms with E-state index in [0.717, 1.165) is 12.8 Å². The Morgan fingerprint density at radius 2 is 1.64 bits per heavy atom. The first-order valence-corrected chi connectivity index (χ1v) is 6.48. The molecule has 0 radical (unpaired) electrons. The average molecular weight is 224 g/mol. The van der Waals surface area contributed by atoms with Gasteiger partial charge in [-0.2, -0.15) is 8.42 Å². The van der Waals surface area contributed by atoms with Gasteiger partial charge in [-0.05, 0) is 26.7 Å². The third kappa shape index (κ3) is 4.39. The molecule has 0 saturated carbocycles. The van der Waals surface area contributed by atoms with Gasteiger partial charge in [0.15, 0.2) is 5.44 Å². The zero-order valence-electron chi connectivity index (χ0n) is 9.32. The predicted molar refractivity (Wildman–Crippen MR) is 55.5 cm³/mol. The molecule has 1 atom stereocenters. The van der Waals surface area contributed by atoms with E-state index in [1.54, 1.807) is 6.92 Å². The van der Waals surface area contributed by atoms with Crippen LogP contribution in [0.2, 0.25) is 0 Å². The van der Waals surface area contributed by atoms with Crippen LogP contribution in [0, 0.1) is 0 Å². The van der Waals surface area contributed by atoms with Crippen molar-refractivity contribution in [1.29, 1.82) is 0 Å². The van der Waals surface area contributed by atoms with E-state index in [0.29, 0.717) is 0 Å². The molecule has 14 heavy (non-hydrogen) atoms. The summed E-state index contributed by atoms with van der Waals surface area (Å²) in [6, 6.07) is 0. The maximum Gasteiger partial charge on any atom is 0.294 e. The molecular formula is C9H20O4S. The Kier molecular flexibility index (Phi) is 6.31. The minimum Gasteiger partial charge on any atom is -0.357 e. The topological polar surface area (TPSA) is 52.6 Å². The molecule has 0 heterocycles. The maximum atomic E-state index is 11.4. The van der Waals surface area contributed by atoms with Crippen LogP contribution in [0.25, 0.3) is 0 Å². The van der Waals surface area contributed by atoms with Gasteiger partial charge in [-0.3, -0.25) is 4.18 Å². The van der Waals surface area contributed by atoms with Crippen molar-refractivity contribution >= 4 is 10.1 Å². The molecule has 0 rings (SSSR count). The highest BCUT2D eigenvalue weighted by molar-refractivity contribution is 7.87. The van der Waals surface area contributed by atoms with Crippen molar-refractivity contribution in [2.24, 2.45) is 0 Å². The summed E-state index contributed by atoms with van der Waals surface area (Å²) >= 11 is 0. The summed E-state index contributed by atoms with van der Waals surface area (Å²) in [7, 11) is -3.55. The van der Waals surface area contributed by atoms with Gasteiger partial charge in [0.2, 0.25) is 0 Å². The molecule has 0 saturated heterocycles. The van der Waals surface area contributed by atoms with Gasteiger partial charge in [0, 0.05) is 0 Å². The lowest BCUT2D eigenvalue weighted by Gasteiger charge is -2.19. The molecule has 0 aromatic carbocycles. The minimum absolute atomic E-state index is 0.0137. The summed E-state index contributed by atoms with van der Waals surface area (Å²) < 4.78 is 32.7. The highest BCUT2D eigenvalue weighted by atomic mass is 32.2. The Balaban J connectivity index is 4.25. The predicted octanol–water partition coefficient (Wildman–Crippen LogP) is 1.90. The summed E-state index contributed by atoms with van der Waals surface area (Å²) in [5.41, 5.74) is -0.882. The highest BCUT2D eigenvalue weighted by Gasteiger charge is 2.24. The van der Waals surface area contributed by atoms with E-state index >= 15 is 0 Å². The van der Waals surface area contributed by atoms with E-state index in [-0.39, 0.29) is 12.7 Å². The van der Waals surface area contributed by atoms with Crippen molar-refractivity contribution in [3.63, 3.8) is 0 Å². The van der Waals surface area contributed by atoms with Gasteiger partial charge in [0.25, 0.3) is 10.1 Å². The van der Waals surface area contributed by atoms with Crippen LogP contribution in [0.4, 0.5) is 0 Å². The monoisotopic (exact) mass is 224 g/mol. The molecule has 1 unspecified atom stereocenters. The second-order valence-electron chi connectivity index (χ2n) is 3.04. The van der Waals surface area contributed by atoms with Gasteiger partial charge in [-0.25, -0.2) is 0 Å². The quantitative estimate of drug-likeness (QED) is 0.620. The molecule has 5 heteroatoms. The zero-order valence-corrected chi connectivity index (χ0v) is 10.1. The summed E-state index contributed by atoms with van der Waals surface area (Å²) in [4.78, 5) is 0. The highest BCUT2D eigenvalue weighted by Crippen LogP contribution is 2.12. The largest absolute Gasteiger partial charge is 0.357 e. The SMILES string of the molecule is CCOS(=O)(=O)C(C)OC(CC)CC. The van der Waals surface area contributed by atoms with Crippen molar-refractivity contribution in [1.82, 2.24) is 0 Å². The lowest BCUT2D eigenvalue weighted by atomic mass is 10.2. The Morgan fingerprint density at radius 3 is 2.00 bits per heavy atom. The minimum atomic E-state index is -3.55. The molecule has 0 aliphatic carbocycles. The smallest absolute Gasteiger partial charge is 0.294 e. The van der Waals surface area contributed by atoms with Crippen LogP contribution >= 0.6 is 0 Å². The fourth-order valence-corrected chi connectivity index (χ4v) is 1.89. The average Bonchev–Trinajstić information content (AvgIpc) is 2.13. The van der Waals surface area contributed by atoms with Crippen LogP contribution < -0.4 is 0 Å². The molecule has 0 amide bonds. The first kappa shape index (κ1) is 13.9. The molecule has 0 aromatic heterocycles. The van der Waals surface area contributed by atoms with Crippen molar-refractivity contribution in [3.05, 3.63) is 0 Å². The first-order valence-electron chi connectivity index (χ1n) is 5.01. The van der Waals surface area contributed by atoms with Gasteiger partial charge in [-0.15, -0.1) is 0 Å². The summed E-state index contributed by atoms with van der Waals surface area (Å²) in [6.07, 6.45) is 1.60. The van der Waals surface area contributed by atoms with Gasteiger partial charge in [0.05, 0.1) is 12.7 Å². The molecular weight excluding hydrogens is 204 g/mol. The van der Waals surface area contributed by atoms with E-state index in [1.165, 1.54) is 6.92 Å². The van der Waals surface area contributed by atoms with Gasteiger partial charge < -0.3 is 4.74 Å². The van der Waals surface area contributed by atoms with Crippen molar-refractivity contribution in [2.75, 3.05) is 6.61 Å². The lowest BCUT2D eigenvalue weighted by Crippen LogP contribution is -2.28. The maximum absolute atomic E-state index is 11.4. The first-order chi connectivity index (χ1) is 6.47. The molecule has 0 aliphatic heterocycles. The number of hydrogen-bond donors (Lipinski definition) is 0. The van der Waals surface area contributed by atoms with E-state index in [1.807, 2.05) is 13.8 Å². The molecule has 0 aliphatic rings. The van der Waals surface area contributed by atoms with Crippen LogP contribution in [-0.2, 0) is 19.0 Å². The lowest BCUT2D eigenvalue weighted by molar-refractivity contribution is 0.0281. The van der Waals surface area contributed by atoms with Crippen molar-refractivity contribution < 1.29 is 17.3 Å². The Hall–Kier alpha value is -0.130. The van der Waals surface area contributed by atoms with E-state index < -0.39 is 15.6 Å². The Morgan fingerprint density at radius 1 is 1.14 bits per heavy atom. The summed E-state index contributed by atoms with van der Waals surface area (Å²) in [5, 5.41) is 0. The van der Waals surface area contributed by atoms with Crippen molar-refractivity contribution in [3.8, 4) is 0 Å². The molecule has 0 spiro atoms. The van der Waals surface area contributed by atoms with E-state index in [4.69, 9.17) is 4.74 Å². The van der Waals surface area contributed by atoms with Gasteiger partial charge in [-0.1, -0.05) is 13.8 Å².